The number of aryl methyl sites for hydroxylation is 2. The number of thiocarbonyl (C=S) groups is 1. The summed E-state index contributed by atoms with van der Waals surface area (Å²) in [6.07, 6.45) is 0.705. The minimum absolute atomic E-state index is 0.0201. The minimum atomic E-state index is -0.0946. The maximum atomic E-state index is 13.2. The lowest BCUT2D eigenvalue weighted by Gasteiger charge is -2.29. The third-order valence-electron chi connectivity index (χ3n) is 5.78. The van der Waals surface area contributed by atoms with Crippen molar-refractivity contribution in [2.75, 3.05) is 32.1 Å². The zero-order valence-electron chi connectivity index (χ0n) is 17.9. The fourth-order valence-electron chi connectivity index (χ4n) is 3.80. The van der Waals surface area contributed by atoms with Crippen LogP contribution < -0.4 is 0 Å². The van der Waals surface area contributed by atoms with Crippen molar-refractivity contribution in [3.05, 3.63) is 70.8 Å². The molecular weight excluding hydrogens is 426 g/mol. The number of rotatable bonds is 4. The number of carbonyl (C=O) groups excluding carboxylic acids is 1. The van der Waals surface area contributed by atoms with Gasteiger partial charge in [0, 0.05) is 19.5 Å². The molecule has 0 bridgehead atoms. The minimum Gasteiger partial charge on any atom is -0.378 e. The molecular formula is C24H27N3O2S2. The molecule has 2 aromatic carbocycles. The van der Waals surface area contributed by atoms with Gasteiger partial charge in [-0.1, -0.05) is 66.4 Å². The maximum Gasteiger partial charge on any atom is 0.253 e. The summed E-state index contributed by atoms with van der Waals surface area (Å²) in [6.45, 7) is 7.14. The van der Waals surface area contributed by atoms with Crippen LogP contribution in [0, 0.1) is 13.8 Å². The van der Waals surface area contributed by atoms with Crippen molar-refractivity contribution in [2.45, 2.75) is 26.3 Å². The molecule has 0 aliphatic carbocycles. The largest absolute Gasteiger partial charge is 0.378 e. The van der Waals surface area contributed by atoms with Gasteiger partial charge in [-0.15, -0.1) is 0 Å². The molecule has 1 fully saturated rings. The highest BCUT2D eigenvalue weighted by Gasteiger charge is 2.33. The molecule has 5 nitrogen and oxygen atoms in total. The summed E-state index contributed by atoms with van der Waals surface area (Å²) < 4.78 is 6.14. The lowest BCUT2D eigenvalue weighted by molar-refractivity contribution is -0.130. The number of ether oxygens (including phenoxy) is 1. The van der Waals surface area contributed by atoms with Crippen LogP contribution in [0.3, 0.4) is 0 Å². The molecule has 0 aromatic heterocycles. The van der Waals surface area contributed by atoms with Crippen LogP contribution >= 0.6 is 24.0 Å². The van der Waals surface area contributed by atoms with Crippen molar-refractivity contribution >= 4 is 39.9 Å². The molecule has 1 amide bonds. The number of amides is 1. The van der Waals surface area contributed by atoms with Gasteiger partial charge >= 0.3 is 0 Å². The summed E-state index contributed by atoms with van der Waals surface area (Å²) >= 11 is 6.96. The van der Waals surface area contributed by atoms with E-state index in [-0.39, 0.29) is 17.7 Å². The first-order chi connectivity index (χ1) is 15.0. The van der Waals surface area contributed by atoms with E-state index in [4.69, 9.17) is 22.1 Å². The van der Waals surface area contributed by atoms with E-state index in [0.717, 1.165) is 34.2 Å². The van der Waals surface area contributed by atoms with Crippen LogP contribution in [0.25, 0.3) is 0 Å². The second kappa shape index (κ2) is 9.94. The number of hydrogen-bond acceptors (Lipinski definition) is 5. The Morgan fingerprint density at radius 2 is 1.87 bits per heavy atom. The molecule has 31 heavy (non-hydrogen) atoms. The molecule has 162 valence electrons. The molecule has 2 aromatic rings. The Morgan fingerprint density at radius 1 is 1.13 bits per heavy atom. The molecule has 1 atom stereocenters. The molecule has 2 aliphatic rings. The van der Waals surface area contributed by atoms with Gasteiger partial charge in [0.05, 0.1) is 30.7 Å². The second-order valence-corrected chi connectivity index (χ2v) is 9.48. The molecule has 2 heterocycles. The number of thioether (sulfide) groups is 1. The number of hydrazone groups is 1. The average molecular weight is 454 g/mol. The van der Waals surface area contributed by atoms with Gasteiger partial charge in [-0.3, -0.25) is 4.79 Å². The Hall–Kier alpha value is -2.22. The summed E-state index contributed by atoms with van der Waals surface area (Å²) in [5.41, 5.74) is 5.61. The molecule has 7 heteroatoms. The summed E-state index contributed by atoms with van der Waals surface area (Å²) in [6, 6.07) is 16.4. The van der Waals surface area contributed by atoms with E-state index in [9.17, 15) is 4.79 Å². The van der Waals surface area contributed by atoms with Crippen LogP contribution in [-0.4, -0.2) is 57.9 Å². The van der Waals surface area contributed by atoms with Crippen molar-refractivity contribution in [1.82, 2.24) is 9.91 Å². The highest BCUT2D eigenvalue weighted by molar-refractivity contribution is 8.23. The van der Waals surface area contributed by atoms with E-state index < -0.39 is 0 Å². The Morgan fingerprint density at radius 3 is 2.58 bits per heavy atom. The fraction of sp³-hybridized carbons (Fsp3) is 0.375. The zero-order chi connectivity index (χ0) is 21.8. The molecule has 0 unspecified atom stereocenters. The van der Waals surface area contributed by atoms with Crippen molar-refractivity contribution in [3.8, 4) is 0 Å². The van der Waals surface area contributed by atoms with Crippen molar-refractivity contribution in [1.29, 1.82) is 0 Å². The van der Waals surface area contributed by atoms with Gasteiger partial charge in [0.25, 0.3) is 5.91 Å². The first kappa shape index (κ1) is 22.0. The Bertz CT molecular complexity index is 988. The Balaban J connectivity index is 1.52. The van der Waals surface area contributed by atoms with Crippen LogP contribution in [0.15, 0.2) is 53.6 Å². The van der Waals surface area contributed by atoms with Crippen LogP contribution in [0.5, 0.6) is 0 Å². The summed E-state index contributed by atoms with van der Waals surface area (Å²) in [4.78, 5) is 15.3. The van der Waals surface area contributed by atoms with Crippen LogP contribution in [0.4, 0.5) is 0 Å². The Kier molecular flexibility index (Phi) is 7.05. The monoisotopic (exact) mass is 453 g/mol. The number of hydrogen-bond donors (Lipinski definition) is 0. The van der Waals surface area contributed by atoms with E-state index >= 15 is 0 Å². The SMILES string of the molecule is Cc1ccc(C2=NN(C(=O)CSC(=S)N3CCOCC3)[C@H](c3ccccc3)C2)cc1C. The zero-order valence-corrected chi connectivity index (χ0v) is 19.5. The van der Waals surface area contributed by atoms with Crippen molar-refractivity contribution < 1.29 is 9.53 Å². The van der Waals surface area contributed by atoms with Gasteiger partial charge in [0.15, 0.2) is 0 Å². The number of morpholine rings is 1. The topological polar surface area (TPSA) is 45.1 Å². The third-order valence-corrected chi connectivity index (χ3v) is 7.29. The standard InChI is InChI=1S/C24H27N3O2S2/c1-17-8-9-20(14-18(17)2)21-15-22(19-6-4-3-5-7-19)27(25-21)23(28)16-31-24(30)26-10-12-29-13-11-26/h3-9,14,22H,10-13,15-16H2,1-2H3/t22-/m0/s1. The fourth-order valence-corrected chi connectivity index (χ4v) is 4.90. The molecule has 0 N–H and O–H groups in total. The van der Waals surface area contributed by atoms with Gasteiger partial charge in [-0.05, 0) is 42.2 Å². The molecule has 0 spiro atoms. The van der Waals surface area contributed by atoms with E-state index in [2.05, 4.69) is 49.1 Å². The van der Waals surface area contributed by atoms with Crippen LogP contribution in [-0.2, 0) is 9.53 Å². The molecule has 1 saturated heterocycles. The van der Waals surface area contributed by atoms with E-state index in [1.54, 1.807) is 5.01 Å². The van der Waals surface area contributed by atoms with E-state index in [0.29, 0.717) is 19.6 Å². The lowest BCUT2D eigenvalue weighted by Crippen LogP contribution is -2.39. The molecule has 0 radical (unpaired) electrons. The van der Waals surface area contributed by atoms with Gasteiger partial charge < -0.3 is 9.64 Å². The van der Waals surface area contributed by atoms with Crippen LogP contribution in [0.2, 0.25) is 0 Å². The molecule has 4 rings (SSSR count). The smallest absolute Gasteiger partial charge is 0.253 e. The lowest BCUT2D eigenvalue weighted by atomic mass is 9.96. The average Bonchev–Trinajstić information content (AvgIpc) is 3.26. The first-order valence-electron chi connectivity index (χ1n) is 10.5. The van der Waals surface area contributed by atoms with Crippen LogP contribution in [0.1, 0.15) is 34.7 Å². The van der Waals surface area contributed by atoms with Gasteiger partial charge in [0.1, 0.15) is 4.32 Å². The second-order valence-electron chi connectivity index (χ2n) is 7.87. The van der Waals surface area contributed by atoms with E-state index in [1.807, 2.05) is 18.2 Å². The highest BCUT2D eigenvalue weighted by Crippen LogP contribution is 2.33. The Labute approximate surface area is 193 Å². The number of nitrogens with zero attached hydrogens (tertiary/aromatic N) is 3. The predicted octanol–water partition coefficient (Wildman–Crippen LogP) is 4.33. The summed E-state index contributed by atoms with van der Waals surface area (Å²) in [5, 5.41) is 6.45. The maximum absolute atomic E-state index is 13.2. The molecule has 2 aliphatic heterocycles. The van der Waals surface area contributed by atoms with Crippen molar-refractivity contribution in [3.63, 3.8) is 0 Å². The highest BCUT2D eigenvalue weighted by atomic mass is 32.2. The first-order valence-corrected chi connectivity index (χ1v) is 11.9. The quantitative estimate of drug-likeness (QED) is 0.645. The van der Waals surface area contributed by atoms with Gasteiger partial charge in [-0.25, -0.2) is 5.01 Å². The summed E-state index contributed by atoms with van der Waals surface area (Å²) in [5.74, 6) is 0.261. The van der Waals surface area contributed by atoms with Crippen molar-refractivity contribution in [2.24, 2.45) is 5.10 Å². The van der Waals surface area contributed by atoms with Gasteiger partial charge in [0.2, 0.25) is 0 Å². The normalized spacial score (nSPS) is 18.8. The molecule has 0 saturated carbocycles. The van der Waals surface area contributed by atoms with E-state index in [1.165, 1.54) is 22.9 Å². The summed E-state index contributed by atoms with van der Waals surface area (Å²) in [7, 11) is 0. The number of benzene rings is 2. The number of carbonyl (C=O) groups is 1. The van der Waals surface area contributed by atoms with Gasteiger partial charge in [-0.2, -0.15) is 5.10 Å². The third kappa shape index (κ3) is 5.17. The predicted molar refractivity (Wildman–Crippen MR) is 131 cm³/mol.